The molecule has 0 radical (unpaired) electrons. The fraction of sp³-hybridized carbons (Fsp3) is 0.0769. The highest BCUT2D eigenvalue weighted by Gasteiger charge is 2.14. The zero-order valence-corrected chi connectivity index (χ0v) is 13.4. The molecule has 2 rings (SSSR count). The Kier molecular flexibility index (Phi) is 4.75. The first-order chi connectivity index (χ1) is 8.95. The lowest BCUT2D eigenvalue weighted by Crippen LogP contribution is -1.88. The lowest BCUT2D eigenvalue weighted by atomic mass is 10.1. The SMILES string of the molecule is COc1ccc(-c2cc(Cl)c(Cl)c(Cl)c2)c(Cl)c1Cl. The molecule has 19 heavy (non-hydrogen) atoms. The van der Waals surface area contributed by atoms with Crippen molar-refractivity contribution < 1.29 is 4.74 Å². The molecule has 0 heterocycles. The van der Waals surface area contributed by atoms with Gasteiger partial charge in [0.15, 0.2) is 0 Å². The van der Waals surface area contributed by atoms with Gasteiger partial charge in [-0.3, -0.25) is 0 Å². The van der Waals surface area contributed by atoms with Crippen LogP contribution < -0.4 is 4.74 Å². The normalized spacial score (nSPS) is 10.6. The van der Waals surface area contributed by atoms with Crippen LogP contribution in [0.15, 0.2) is 24.3 Å². The molecule has 0 saturated carbocycles. The third-order valence-corrected chi connectivity index (χ3v) is 4.62. The van der Waals surface area contributed by atoms with E-state index in [-0.39, 0.29) is 0 Å². The van der Waals surface area contributed by atoms with Gasteiger partial charge in [-0.05, 0) is 29.8 Å². The fourth-order valence-corrected chi connectivity index (χ4v) is 2.73. The Hall–Kier alpha value is -0.310. The molecular weight excluding hydrogens is 349 g/mol. The van der Waals surface area contributed by atoms with Crippen LogP contribution in [0.3, 0.4) is 0 Å². The number of halogens is 5. The molecule has 2 aromatic carbocycles. The Labute approximate surface area is 135 Å². The highest BCUT2D eigenvalue weighted by Crippen LogP contribution is 2.42. The second kappa shape index (κ2) is 5.99. The van der Waals surface area contributed by atoms with Crippen LogP contribution in [0.1, 0.15) is 0 Å². The maximum atomic E-state index is 6.23. The molecule has 0 amide bonds. The quantitative estimate of drug-likeness (QED) is 0.549. The van der Waals surface area contributed by atoms with Crippen molar-refractivity contribution in [2.45, 2.75) is 0 Å². The number of hydrogen-bond donors (Lipinski definition) is 0. The number of benzene rings is 2. The Bertz CT molecular complexity index is 616. The van der Waals surface area contributed by atoms with E-state index in [1.807, 2.05) is 0 Å². The summed E-state index contributed by atoms with van der Waals surface area (Å²) in [6.45, 7) is 0. The van der Waals surface area contributed by atoms with Gasteiger partial charge in [-0.2, -0.15) is 0 Å². The summed E-state index contributed by atoms with van der Waals surface area (Å²) < 4.78 is 5.09. The van der Waals surface area contributed by atoms with Crippen LogP contribution in [-0.2, 0) is 0 Å². The number of hydrogen-bond acceptors (Lipinski definition) is 1. The third kappa shape index (κ3) is 2.91. The summed E-state index contributed by atoms with van der Waals surface area (Å²) in [5.74, 6) is 0.501. The summed E-state index contributed by atoms with van der Waals surface area (Å²) in [6.07, 6.45) is 0. The van der Waals surface area contributed by atoms with Crippen molar-refractivity contribution in [3.63, 3.8) is 0 Å². The van der Waals surface area contributed by atoms with E-state index in [0.29, 0.717) is 36.4 Å². The molecule has 100 valence electrons. The van der Waals surface area contributed by atoms with E-state index in [4.69, 9.17) is 62.7 Å². The minimum absolute atomic E-state index is 0.308. The topological polar surface area (TPSA) is 9.23 Å². The zero-order valence-electron chi connectivity index (χ0n) is 9.61. The molecule has 0 bridgehead atoms. The molecule has 6 heteroatoms. The smallest absolute Gasteiger partial charge is 0.139 e. The van der Waals surface area contributed by atoms with Crippen LogP contribution in [-0.4, -0.2) is 7.11 Å². The number of rotatable bonds is 2. The Morgan fingerprint density at radius 2 is 1.37 bits per heavy atom. The van der Waals surface area contributed by atoms with Gasteiger partial charge in [0.25, 0.3) is 0 Å². The molecule has 0 aliphatic heterocycles. The van der Waals surface area contributed by atoms with Crippen molar-refractivity contribution in [3.05, 3.63) is 49.4 Å². The average molecular weight is 356 g/mol. The summed E-state index contributed by atoms with van der Waals surface area (Å²) in [5.41, 5.74) is 1.43. The third-order valence-electron chi connectivity index (χ3n) is 2.56. The van der Waals surface area contributed by atoms with Gasteiger partial charge in [0.1, 0.15) is 10.8 Å². The summed E-state index contributed by atoms with van der Waals surface area (Å²) in [7, 11) is 1.52. The van der Waals surface area contributed by atoms with Crippen molar-refractivity contribution in [3.8, 4) is 16.9 Å². The lowest BCUT2D eigenvalue weighted by Gasteiger charge is -2.11. The molecule has 0 unspecified atom stereocenters. The van der Waals surface area contributed by atoms with Crippen LogP contribution in [0.5, 0.6) is 5.75 Å². The molecular formula is C13H7Cl5O. The van der Waals surface area contributed by atoms with Gasteiger partial charge >= 0.3 is 0 Å². The monoisotopic (exact) mass is 354 g/mol. The highest BCUT2D eigenvalue weighted by atomic mass is 35.5. The van der Waals surface area contributed by atoms with E-state index in [2.05, 4.69) is 0 Å². The molecule has 0 aromatic heterocycles. The molecule has 0 aliphatic carbocycles. The van der Waals surface area contributed by atoms with Crippen molar-refractivity contribution in [2.75, 3.05) is 7.11 Å². The second-order valence-corrected chi connectivity index (χ2v) is 5.65. The molecule has 0 saturated heterocycles. The predicted octanol–water partition coefficient (Wildman–Crippen LogP) is 6.63. The number of methoxy groups -OCH3 is 1. The maximum absolute atomic E-state index is 6.23. The highest BCUT2D eigenvalue weighted by molar-refractivity contribution is 6.48. The van der Waals surface area contributed by atoms with Gasteiger partial charge < -0.3 is 4.74 Å². The molecule has 1 nitrogen and oxygen atoms in total. The zero-order chi connectivity index (χ0) is 14.2. The van der Waals surface area contributed by atoms with E-state index < -0.39 is 0 Å². The largest absolute Gasteiger partial charge is 0.495 e. The predicted molar refractivity (Wildman–Crippen MR) is 83.5 cm³/mol. The van der Waals surface area contributed by atoms with Gasteiger partial charge in [-0.1, -0.05) is 58.0 Å². The minimum Gasteiger partial charge on any atom is -0.495 e. The van der Waals surface area contributed by atoms with Gasteiger partial charge in [0.05, 0.1) is 27.2 Å². The first-order valence-corrected chi connectivity index (χ1v) is 7.01. The van der Waals surface area contributed by atoms with Gasteiger partial charge in [0, 0.05) is 5.56 Å². The van der Waals surface area contributed by atoms with E-state index in [1.54, 1.807) is 24.3 Å². The van der Waals surface area contributed by atoms with Crippen molar-refractivity contribution >= 4 is 58.0 Å². The average Bonchev–Trinajstić information content (AvgIpc) is 2.38. The first-order valence-electron chi connectivity index (χ1n) is 5.12. The minimum atomic E-state index is 0.308. The molecule has 0 fully saturated rings. The van der Waals surface area contributed by atoms with E-state index in [9.17, 15) is 0 Å². The van der Waals surface area contributed by atoms with Crippen LogP contribution in [0.4, 0.5) is 0 Å². The Morgan fingerprint density at radius 1 is 0.789 bits per heavy atom. The summed E-state index contributed by atoms with van der Waals surface area (Å²) in [6, 6.07) is 6.86. The standard InChI is InChI=1S/C13H7Cl5O/c1-19-10-3-2-7(11(16)13(10)18)6-4-8(14)12(17)9(15)5-6/h2-5H,1H3. The van der Waals surface area contributed by atoms with Gasteiger partial charge in [-0.15, -0.1) is 0 Å². The van der Waals surface area contributed by atoms with E-state index in [1.165, 1.54) is 7.11 Å². The summed E-state index contributed by atoms with van der Waals surface area (Å²) in [4.78, 5) is 0. The van der Waals surface area contributed by atoms with Gasteiger partial charge in [-0.25, -0.2) is 0 Å². The first kappa shape index (κ1) is 15.1. The van der Waals surface area contributed by atoms with E-state index in [0.717, 1.165) is 5.56 Å². The van der Waals surface area contributed by atoms with Crippen molar-refractivity contribution in [1.82, 2.24) is 0 Å². The van der Waals surface area contributed by atoms with Crippen LogP contribution in [0, 0.1) is 0 Å². The lowest BCUT2D eigenvalue weighted by molar-refractivity contribution is 0.415. The molecule has 2 aromatic rings. The molecule has 0 spiro atoms. The van der Waals surface area contributed by atoms with Crippen molar-refractivity contribution in [1.29, 1.82) is 0 Å². The Morgan fingerprint density at radius 3 is 1.89 bits per heavy atom. The van der Waals surface area contributed by atoms with Crippen LogP contribution >= 0.6 is 58.0 Å². The fourth-order valence-electron chi connectivity index (χ4n) is 1.62. The number of ether oxygens (including phenoxy) is 1. The van der Waals surface area contributed by atoms with E-state index >= 15 is 0 Å². The second-order valence-electron chi connectivity index (χ2n) is 3.70. The van der Waals surface area contributed by atoms with Gasteiger partial charge in [0.2, 0.25) is 0 Å². The van der Waals surface area contributed by atoms with Crippen molar-refractivity contribution in [2.24, 2.45) is 0 Å². The summed E-state index contributed by atoms with van der Waals surface area (Å²) >= 11 is 30.3. The Balaban J connectivity index is 2.63. The van der Waals surface area contributed by atoms with Crippen LogP contribution in [0.2, 0.25) is 25.1 Å². The molecule has 0 aliphatic rings. The maximum Gasteiger partial charge on any atom is 0.139 e. The molecule has 0 atom stereocenters. The van der Waals surface area contributed by atoms with Crippen LogP contribution in [0.25, 0.3) is 11.1 Å². The molecule has 0 N–H and O–H groups in total. The summed E-state index contributed by atoms with van der Waals surface area (Å²) in [5, 5.41) is 1.72.